The molecule has 1 N–H and O–H groups in total. The van der Waals surface area contributed by atoms with E-state index in [4.69, 9.17) is 21.7 Å². The fourth-order valence-electron chi connectivity index (χ4n) is 3.01. The van der Waals surface area contributed by atoms with Gasteiger partial charge in [-0.2, -0.15) is 0 Å². The van der Waals surface area contributed by atoms with Crippen molar-refractivity contribution >= 4 is 56.2 Å². The summed E-state index contributed by atoms with van der Waals surface area (Å²) in [4.78, 5) is 14.9. The molecule has 8 heteroatoms. The fourth-order valence-corrected chi connectivity index (χ4v) is 4.45. The predicted molar refractivity (Wildman–Crippen MR) is 135 cm³/mol. The Morgan fingerprint density at radius 2 is 1.94 bits per heavy atom. The van der Waals surface area contributed by atoms with Crippen molar-refractivity contribution in [2.45, 2.75) is 20.5 Å². The molecular weight excluding hydrogens is 496 g/mol. The van der Waals surface area contributed by atoms with E-state index in [0.717, 1.165) is 41.0 Å². The Morgan fingerprint density at radius 3 is 2.61 bits per heavy atom. The highest BCUT2D eigenvalue weighted by Gasteiger charge is 2.22. The number of hydrogen-bond donors (Lipinski definition) is 1. The maximum absolute atomic E-state index is 12.1. The molecule has 5 nitrogen and oxygen atoms in total. The number of amides is 1. The molecule has 0 aromatic heterocycles. The number of thiocarbonyl (C=S) groups is 1. The lowest BCUT2D eigenvalue weighted by molar-refractivity contribution is -0.115. The summed E-state index contributed by atoms with van der Waals surface area (Å²) in [7, 11) is 0. The third kappa shape index (κ3) is 6.80. The minimum absolute atomic E-state index is 0.189. The van der Waals surface area contributed by atoms with E-state index in [2.05, 4.69) is 40.0 Å². The average molecular weight is 522 g/mol. The number of halogens is 1. The normalized spacial score (nSPS) is 14.9. The Morgan fingerprint density at radius 1 is 1.16 bits per heavy atom. The number of ether oxygens (including phenoxy) is 2. The maximum Gasteiger partial charge on any atom is 0.263 e. The van der Waals surface area contributed by atoms with Crippen LogP contribution in [0, 0.1) is 0 Å². The highest BCUT2D eigenvalue weighted by molar-refractivity contribution is 9.10. The van der Waals surface area contributed by atoms with E-state index in [0.29, 0.717) is 28.2 Å². The first kappa shape index (κ1) is 23.8. The summed E-state index contributed by atoms with van der Waals surface area (Å²) < 4.78 is 13.6. The molecule has 1 fully saturated rings. The minimum Gasteiger partial charge on any atom is -0.492 e. The number of nitrogens with zero attached hydrogens (tertiary/aromatic N) is 1. The summed E-state index contributed by atoms with van der Waals surface area (Å²) in [5.74, 6) is 1.19. The molecule has 2 aromatic carbocycles. The molecule has 2 aromatic rings. The van der Waals surface area contributed by atoms with E-state index >= 15 is 0 Å². The molecule has 1 heterocycles. The molecule has 0 saturated carbocycles. The first-order valence-corrected chi connectivity index (χ1v) is 12.1. The van der Waals surface area contributed by atoms with Gasteiger partial charge >= 0.3 is 0 Å². The van der Waals surface area contributed by atoms with Crippen molar-refractivity contribution in [3.8, 4) is 11.5 Å². The van der Waals surface area contributed by atoms with Crippen molar-refractivity contribution in [3.63, 3.8) is 0 Å². The van der Waals surface area contributed by atoms with Gasteiger partial charge in [0, 0.05) is 28.2 Å². The van der Waals surface area contributed by atoms with Gasteiger partial charge in [0.2, 0.25) is 0 Å². The summed E-state index contributed by atoms with van der Waals surface area (Å²) in [6.07, 6.45) is 1.80. The molecule has 3 rings (SSSR count). The molecule has 0 unspecified atom stereocenters. The fraction of sp³-hybridized carbons (Fsp3) is 0.304. The van der Waals surface area contributed by atoms with E-state index < -0.39 is 0 Å². The van der Waals surface area contributed by atoms with E-state index in [1.807, 2.05) is 42.5 Å². The second-order valence-corrected chi connectivity index (χ2v) is 9.38. The second-order valence-electron chi connectivity index (χ2n) is 6.81. The number of nitrogens with one attached hydrogen (secondary N) is 1. The lowest BCUT2D eigenvalue weighted by atomic mass is 10.1. The molecule has 31 heavy (non-hydrogen) atoms. The number of hydrogen-bond acceptors (Lipinski definition) is 6. The van der Waals surface area contributed by atoms with E-state index in [-0.39, 0.29) is 5.91 Å². The van der Waals surface area contributed by atoms with Crippen LogP contribution in [0.25, 0.3) is 6.08 Å². The maximum atomic E-state index is 12.1. The summed E-state index contributed by atoms with van der Waals surface area (Å²) >= 11 is 9.90. The quantitative estimate of drug-likeness (QED) is 0.341. The summed E-state index contributed by atoms with van der Waals surface area (Å²) in [5, 5.41) is 2.64. The average Bonchev–Trinajstić information content (AvgIpc) is 3.08. The highest BCUT2D eigenvalue weighted by Crippen LogP contribution is 2.32. The zero-order chi connectivity index (χ0) is 22.2. The van der Waals surface area contributed by atoms with Crippen LogP contribution < -0.4 is 14.8 Å². The number of rotatable bonds is 10. The topological polar surface area (TPSA) is 50.8 Å². The van der Waals surface area contributed by atoms with Crippen LogP contribution in [-0.4, -0.2) is 41.4 Å². The van der Waals surface area contributed by atoms with Gasteiger partial charge in [-0.25, -0.2) is 0 Å². The monoisotopic (exact) mass is 520 g/mol. The molecule has 0 atom stereocenters. The van der Waals surface area contributed by atoms with Crippen molar-refractivity contribution in [3.05, 3.63) is 63.0 Å². The SMILES string of the molecule is CCN(CC)CCOc1ccc(C=C2SC(=S)NC2=O)c(OCc2ccccc2Br)c1. The summed E-state index contributed by atoms with van der Waals surface area (Å²) in [5.41, 5.74) is 1.83. The van der Waals surface area contributed by atoms with Gasteiger partial charge in [-0.15, -0.1) is 0 Å². The lowest BCUT2D eigenvalue weighted by Gasteiger charge is -2.18. The summed E-state index contributed by atoms with van der Waals surface area (Å²) in [6.45, 7) is 8.12. The number of carbonyl (C=O) groups is 1. The highest BCUT2D eigenvalue weighted by atomic mass is 79.9. The number of likely N-dealkylation sites (N-methyl/N-ethyl adjacent to an activating group) is 1. The second kappa shape index (κ2) is 11.7. The Balaban J connectivity index is 1.80. The van der Waals surface area contributed by atoms with Crippen molar-refractivity contribution in [1.29, 1.82) is 0 Å². The van der Waals surface area contributed by atoms with Crippen LogP contribution in [0.4, 0.5) is 0 Å². The van der Waals surface area contributed by atoms with Gasteiger partial charge in [0.1, 0.15) is 29.0 Å². The van der Waals surface area contributed by atoms with Crippen LogP contribution in [0.5, 0.6) is 11.5 Å². The van der Waals surface area contributed by atoms with Crippen LogP contribution in [0.15, 0.2) is 51.8 Å². The molecule has 1 amide bonds. The molecular formula is C23H25BrN2O3S2. The lowest BCUT2D eigenvalue weighted by Crippen LogP contribution is -2.27. The zero-order valence-electron chi connectivity index (χ0n) is 17.5. The molecule has 1 saturated heterocycles. The first-order valence-electron chi connectivity index (χ1n) is 10.1. The Kier molecular flexibility index (Phi) is 8.95. The molecule has 0 spiro atoms. The van der Waals surface area contributed by atoms with Gasteiger partial charge in [-0.3, -0.25) is 4.79 Å². The van der Waals surface area contributed by atoms with Crippen molar-refractivity contribution < 1.29 is 14.3 Å². The van der Waals surface area contributed by atoms with Gasteiger partial charge in [-0.1, -0.05) is 72.0 Å². The first-order chi connectivity index (χ1) is 15.0. The van der Waals surface area contributed by atoms with E-state index in [1.54, 1.807) is 6.08 Å². The van der Waals surface area contributed by atoms with Crippen LogP contribution in [0.3, 0.4) is 0 Å². The van der Waals surface area contributed by atoms with Crippen LogP contribution >= 0.6 is 39.9 Å². The smallest absolute Gasteiger partial charge is 0.263 e. The van der Waals surface area contributed by atoms with Gasteiger partial charge < -0.3 is 19.7 Å². The molecule has 164 valence electrons. The zero-order valence-corrected chi connectivity index (χ0v) is 20.7. The van der Waals surface area contributed by atoms with Crippen molar-refractivity contribution in [2.75, 3.05) is 26.2 Å². The van der Waals surface area contributed by atoms with Gasteiger partial charge in [0.15, 0.2) is 0 Å². The number of carbonyl (C=O) groups excluding carboxylic acids is 1. The molecule has 0 bridgehead atoms. The Bertz CT molecular complexity index is 977. The minimum atomic E-state index is -0.189. The van der Waals surface area contributed by atoms with Crippen LogP contribution in [0.1, 0.15) is 25.0 Å². The Labute approximate surface area is 201 Å². The van der Waals surface area contributed by atoms with Crippen LogP contribution in [0.2, 0.25) is 0 Å². The van der Waals surface area contributed by atoms with E-state index in [9.17, 15) is 4.79 Å². The summed E-state index contributed by atoms with van der Waals surface area (Å²) in [6, 6.07) is 13.6. The van der Waals surface area contributed by atoms with Crippen LogP contribution in [-0.2, 0) is 11.4 Å². The number of thioether (sulfide) groups is 1. The standard InChI is InChI=1S/C23H25BrN2O3S2/c1-3-26(4-2)11-12-28-18-10-9-16(13-21-22(27)25-23(30)31-21)20(14-18)29-15-17-7-5-6-8-19(17)24/h5-10,13-14H,3-4,11-12,15H2,1-2H3,(H,25,27,30). The van der Waals surface area contributed by atoms with Crippen molar-refractivity contribution in [1.82, 2.24) is 10.2 Å². The predicted octanol–water partition coefficient (Wildman–Crippen LogP) is 5.24. The third-order valence-electron chi connectivity index (χ3n) is 4.83. The molecule has 1 aliphatic heterocycles. The van der Waals surface area contributed by atoms with E-state index in [1.165, 1.54) is 11.8 Å². The molecule has 1 aliphatic rings. The molecule has 0 aliphatic carbocycles. The van der Waals surface area contributed by atoms with Crippen molar-refractivity contribution in [2.24, 2.45) is 0 Å². The third-order valence-corrected chi connectivity index (χ3v) is 6.76. The Hall–Kier alpha value is -1.87. The van der Waals surface area contributed by atoms with Gasteiger partial charge in [-0.05, 0) is 37.4 Å². The molecule has 0 radical (unpaired) electrons. The van der Waals surface area contributed by atoms with Gasteiger partial charge in [0.05, 0.1) is 4.91 Å². The largest absolute Gasteiger partial charge is 0.492 e. The van der Waals surface area contributed by atoms with Gasteiger partial charge in [0.25, 0.3) is 5.91 Å². The number of benzene rings is 2.